The Bertz CT molecular complexity index is 1350. The van der Waals surface area contributed by atoms with Crippen molar-refractivity contribution in [2.24, 2.45) is 0 Å². The Morgan fingerprint density at radius 1 is 0.935 bits per heavy atom. The molecular weight excluding hydrogens is 392 g/mol. The lowest BCUT2D eigenvalue weighted by Crippen LogP contribution is -2.11. The second-order valence-corrected chi connectivity index (χ2v) is 7.60. The van der Waals surface area contributed by atoms with Gasteiger partial charge in [-0.25, -0.2) is 0 Å². The molecule has 6 nitrogen and oxygen atoms in total. The third kappa shape index (κ3) is 3.38. The van der Waals surface area contributed by atoms with Crippen molar-refractivity contribution in [3.8, 4) is 22.5 Å². The van der Waals surface area contributed by atoms with E-state index in [-0.39, 0.29) is 17.2 Å². The Kier molecular flexibility index (Phi) is 4.40. The van der Waals surface area contributed by atoms with E-state index in [1.54, 1.807) is 25.1 Å². The maximum absolute atomic E-state index is 12.7. The number of amides is 1. The zero-order valence-electron chi connectivity index (χ0n) is 16.7. The Morgan fingerprint density at radius 2 is 1.71 bits per heavy atom. The highest BCUT2D eigenvalue weighted by Gasteiger charge is 2.21. The monoisotopic (exact) mass is 410 g/mol. The fourth-order valence-corrected chi connectivity index (χ4v) is 4.02. The minimum Gasteiger partial charge on any atom is -0.451 e. The number of rotatable bonds is 4. The number of furan rings is 1. The van der Waals surface area contributed by atoms with Gasteiger partial charge in [0.05, 0.1) is 10.5 Å². The molecule has 1 aliphatic carbocycles. The lowest BCUT2D eigenvalue weighted by molar-refractivity contribution is -0.384. The number of nitrogens with one attached hydrogen (secondary N) is 1. The minimum atomic E-state index is -0.451. The SMILES string of the molecule is Cc1ccc(-c2ccc(C(=O)Nc3ccc4c(c3)Cc3ccccc3-4)o2)c([N+](=O)[O-])c1. The topological polar surface area (TPSA) is 85.4 Å². The molecule has 3 aromatic carbocycles. The van der Waals surface area contributed by atoms with Gasteiger partial charge in [-0.05, 0) is 71.5 Å². The first-order chi connectivity index (χ1) is 15.0. The van der Waals surface area contributed by atoms with E-state index in [0.29, 0.717) is 11.3 Å². The first kappa shape index (κ1) is 18.8. The molecule has 5 rings (SSSR count). The van der Waals surface area contributed by atoms with Crippen molar-refractivity contribution in [3.05, 3.63) is 105 Å². The molecule has 1 amide bonds. The number of fused-ring (bicyclic) bond motifs is 3. The standard InChI is InChI=1S/C25H18N2O4/c1-15-6-8-21(22(12-15)27(29)30)23-10-11-24(31-23)25(28)26-18-7-9-20-17(14-18)13-16-4-2-3-5-19(16)20/h2-12,14H,13H2,1H3,(H,26,28). The molecule has 0 bridgehead atoms. The van der Waals surface area contributed by atoms with Crippen LogP contribution in [0.15, 0.2) is 77.2 Å². The molecule has 0 saturated heterocycles. The Labute approximate surface area is 178 Å². The second kappa shape index (κ2) is 7.25. The van der Waals surface area contributed by atoms with Gasteiger partial charge in [-0.3, -0.25) is 14.9 Å². The largest absolute Gasteiger partial charge is 0.451 e. The summed E-state index contributed by atoms with van der Waals surface area (Å²) < 4.78 is 5.66. The van der Waals surface area contributed by atoms with Gasteiger partial charge in [0.15, 0.2) is 5.76 Å². The van der Waals surface area contributed by atoms with E-state index >= 15 is 0 Å². The summed E-state index contributed by atoms with van der Waals surface area (Å²) in [5.74, 6) is -0.0358. The molecule has 1 N–H and O–H groups in total. The summed E-state index contributed by atoms with van der Waals surface area (Å²) in [7, 11) is 0. The van der Waals surface area contributed by atoms with Crippen molar-refractivity contribution in [1.29, 1.82) is 0 Å². The van der Waals surface area contributed by atoms with Gasteiger partial charge >= 0.3 is 0 Å². The summed E-state index contributed by atoms with van der Waals surface area (Å²) in [6.45, 7) is 1.78. The van der Waals surface area contributed by atoms with Crippen LogP contribution in [0.1, 0.15) is 27.2 Å². The van der Waals surface area contributed by atoms with Crippen molar-refractivity contribution in [1.82, 2.24) is 0 Å². The molecule has 1 heterocycles. The van der Waals surface area contributed by atoms with Crippen molar-refractivity contribution < 1.29 is 14.1 Å². The molecule has 0 unspecified atom stereocenters. The average Bonchev–Trinajstić information content (AvgIpc) is 3.38. The number of aryl methyl sites for hydroxylation is 1. The number of hydrogen-bond acceptors (Lipinski definition) is 4. The molecule has 0 spiro atoms. The van der Waals surface area contributed by atoms with Crippen LogP contribution in [-0.2, 0) is 6.42 Å². The summed E-state index contributed by atoms with van der Waals surface area (Å²) in [6.07, 6.45) is 0.831. The van der Waals surface area contributed by atoms with Crippen LogP contribution in [0.3, 0.4) is 0 Å². The van der Waals surface area contributed by atoms with Crippen LogP contribution in [0.25, 0.3) is 22.5 Å². The quantitative estimate of drug-likeness (QED) is 0.291. The highest BCUT2D eigenvalue weighted by Crippen LogP contribution is 2.38. The van der Waals surface area contributed by atoms with E-state index in [9.17, 15) is 14.9 Å². The summed E-state index contributed by atoms with van der Waals surface area (Å²) in [6, 6.07) is 22.1. The number of carbonyl (C=O) groups is 1. The maximum atomic E-state index is 12.7. The zero-order valence-corrected chi connectivity index (χ0v) is 16.7. The van der Waals surface area contributed by atoms with Gasteiger partial charge in [-0.1, -0.05) is 36.4 Å². The van der Waals surface area contributed by atoms with Crippen LogP contribution in [-0.4, -0.2) is 10.8 Å². The molecule has 0 aliphatic heterocycles. The first-order valence-corrected chi connectivity index (χ1v) is 9.87. The number of anilines is 1. The molecule has 0 fully saturated rings. The van der Waals surface area contributed by atoms with Gasteiger partial charge in [0, 0.05) is 11.8 Å². The third-order valence-corrected chi connectivity index (χ3v) is 5.50. The molecule has 1 aliphatic rings. The Balaban J connectivity index is 1.38. The number of hydrogen-bond donors (Lipinski definition) is 1. The van der Waals surface area contributed by atoms with Gasteiger partial charge < -0.3 is 9.73 Å². The van der Waals surface area contributed by atoms with Gasteiger partial charge in [0.2, 0.25) is 0 Å². The smallest absolute Gasteiger partial charge is 0.291 e. The Morgan fingerprint density at radius 3 is 2.55 bits per heavy atom. The highest BCUT2D eigenvalue weighted by atomic mass is 16.6. The summed E-state index contributed by atoms with van der Waals surface area (Å²) >= 11 is 0. The van der Waals surface area contributed by atoms with Crippen LogP contribution < -0.4 is 5.32 Å². The minimum absolute atomic E-state index is 0.0560. The fourth-order valence-electron chi connectivity index (χ4n) is 4.02. The lowest BCUT2D eigenvalue weighted by atomic mass is 10.1. The molecule has 6 heteroatoms. The number of benzene rings is 3. The van der Waals surface area contributed by atoms with Gasteiger partial charge in [-0.15, -0.1) is 0 Å². The van der Waals surface area contributed by atoms with E-state index in [0.717, 1.165) is 17.5 Å². The predicted molar refractivity (Wildman–Crippen MR) is 118 cm³/mol. The molecular formula is C25H18N2O4. The first-order valence-electron chi connectivity index (χ1n) is 9.87. The van der Waals surface area contributed by atoms with Crippen LogP contribution in [0.5, 0.6) is 0 Å². The van der Waals surface area contributed by atoms with Gasteiger partial charge in [0.25, 0.3) is 11.6 Å². The van der Waals surface area contributed by atoms with E-state index in [2.05, 4.69) is 17.4 Å². The van der Waals surface area contributed by atoms with Crippen molar-refractivity contribution in [3.63, 3.8) is 0 Å². The van der Waals surface area contributed by atoms with Crippen LogP contribution in [0, 0.1) is 17.0 Å². The molecule has 0 atom stereocenters. The molecule has 1 aromatic heterocycles. The number of nitrogens with zero attached hydrogens (tertiary/aromatic N) is 1. The van der Waals surface area contributed by atoms with E-state index in [1.165, 1.54) is 28.8 Å². The fraction of sp³-hybridized carbons (Fsp3) is 0.0800. The zero-order chi connectivity index (χ0) is 21.5. The predicted octanol–water partition coefficient (Wildman–Crippen LogP) is 5.99. The summed E-state index contributed by atoms with van der Waals surface area (Å²) in [5, 5.41) is 14.2. The number of nitro groups is 1. The molecule has 0 radical (unpaired) electrons. The third-order valence-electron chi connectivity index (χ3n) is 5.50. The second-order valence-electron chi connectivity index (χ2n) is 7.60. The van der Waals surface area contributed by atoms with Crippen LogP contribution in [0.2, 0.25) is 0 Å². The molecule has 4 aromatic rings. The average molecular weight is 410 g/mol. The summed E-state index contributed by atoms with van der Waals surface area (Å²) in [5.41, 5.74) is 6.58. The molecule has 31 heavy (non-hydrogen) atoms. The normalized spacial score (nSPS) is 11.6. The number of carbonyl (C=O) groups excluding carboxylic acids is 1. The van der Waals surface area contributed by atoms with Gasteiger partial charge in [-0.2, -0.15) is 0 Å². The van der Waals surface area contributed by atoms with Crippen molar-refractivity contribution in [2.45, 2.75) is 13.3 Å². The van der Waals surface area contributed by atoms with Crippen LogP contribution in [0.4, 0.5) is 11.4 Å². The maximum Gasteiger partial charge on any atom is 0.291 e. The lowest BCUT2D eigenvalue weighted by Gasteiger charge is -2.07. The number of nitro benzene ring substituents is 1. The summed E-state index contributed by atoms with van der Waals surface area (Å²) in [4.78, 5) is 23.6. The Hall–Kier alpha value is -4.19. The van der Waals surface area contributed by atoms with E-state index in [4.69, 9.17) is 4.42 Å². The highest BCUT2D eigenvalue weighted by molar-refractivity contribution is 6.03. The van der Waals surface area contributed by atoms with Gasteiger partial charge in [0.1, 0.15) is 5.76 Å². The van der Waals surface area contributed by atoms with Crippen molar-refractivity contribution in [2.75, 3.05) is 5.32 Å². The van der Waals surface area contributed by atoms with Crippen LogP contribution >= 0.6 is 0 Å². The van der Waals surface area contributed by atoms with E-state index in [1.807, 2.05) is 30.3 Å². The molecule has 0 saturated carbocycles. The van der Waals surface area contributed by atoms with Crippen molar-refractivity contribution >= 4 is 17.3 Å². The molecule has 152 valence electrons. The van der Waals surface area contributed by atoms with E-state index < -0.39 is 10.8 Å².